The predicted octanol–water partition coefficient (Wildman–Crippen LogP) is 4.95. The molecule has 0 aromatic rings. The minimum atomic E-state index is -1.84. The summed E-state index contributed by atoms with van der Waals surface area (Å²) in [6, 6.07) is 0. The van der Waals surface area contributed by atoms with Gasteiger partial charge in [-0.15, -0.1) is 0 Å². The van der Waals surface area contributed by atoms with E-state index in [1.54, 1.807) is 6.08 Å². The van der Waals surface area contributed by atoms with Crippen molar-refractivity contribution in [1.29, 1.82) is 0 Å². The first kappa shape index (κ1) is 21.6. The molecule has 0 radical (unpaired) electrons. The van der Waals surface area contributed by atoms with Gasteiger partial charge in [-0.05, 0) is 47.9 Å². The third-order valence-electron chi connectivity index (χ3n) is 7.43. The molecule has 2 rings (SSSR count). The molecule has 0 bridgehead atoms. The van der Waals surface area contributed by atoms with Crippen molar-refractivity contribution in [3.8, 4) is 0 Å². The summed E-state index contributed by atoms with van der Waals surface area (Å²) in [5, 5.41) is 0.184. The number of ether oxygens (including phenoxy) is 2. The highest BCUT2D eigenvalue weighted by Crippen LogP contribution is 2.58. The largest absolute Gasteiger partial charge is 0.466 e. The lowest BCUT2D eigenvalue weighted by Gasteiger charge is -2.53. The Morgan fingerprint density at radius 3 is 2.46 bits per heavy atom. The fraction of sp³-hybridized carbons (Fsp3) is 0.857. The SMILES string of the molecule is COC(=O)/C=C1\CO[C@H]2CCC(C)(C)[C@H](CO[Si](C)(C)C(C)(C)C)[C@@]12C. The van der Waals surface area contributed by atoms with Gasteiger partial charge in [0.05, 0.1) is 19.8 Å². The number of carbonyl (C=O) groups excluding carboxylic acids is 1. The monoisotopic (exact) mass is 382 g/mol. The summed E-state index contributed by atoms with van der Waals surface area (Å²) >= 11 is 0. The highest BCUT2D eigenvalue weighted by Gasteiger charge is 2.57. The molecular weight excluding hydrogens is 344 g/mol. The highest BCUT2D eigenvalue weighted by atomic mass is 28.4. The maximum absolute atomic E-state index is 11.9. The van der Waals surface area contributed by atoms with Crippen LogP contribution < -0.4 is 0 Å². The maximum Gasteiger partial charge on any atom is 0.330 e. The molecule has 1 saturated heterocycles. The van der Waals surface area contributed by atoms with Crippen LogP contribution >= 0.6 is 0 Å². The predicted molar refractivity (Wildman–Crippen MR) is 108 cm³/mol. The zero-order valence-corrected chi connectivity index (χ0v) is 19.2. The van der Waals surface area contributed by atoms with Gasteiger partial charge in [-0.25, -0.2) is 4.79 Å². The summed E-state index contributed by atoms with van der Waals surface area (Å²) in [5.41, 5.74) is 1.01. The number of hydrogen-bond acceptors (Lipinski definition) is 4. The van der Waals surface area contributed by atoms with Gasteiger partial charge in [0.15, 0.2) is 8.32 Å². The van der Waals surface area contributed by atoms with Gasteiger partial charge >= 0.3 is 5.97 Å². The highest BCUT2D eigenvalue weighted by molar-refractivity contribution is 6.74. The summed E-state index contributed by atoms with van der Waals surface area (Å²) in [7, 11) is -0.413. The molecule has 1 heterocycles. The molecule has 0 aromatic heterocycles. The molecule has 0 aromatic carbocycles. The molecule has 26 heavy (non-hydrogen) atoms. The molecule has 0 N–H and O–H groups in total. The van der Waals surface area contributed by atoms with E-state index in [1.165, 1.54) is 7.11 Å². The average molecular weight is 383 g/mol. The van der Waals surface area contributed by atoms with Crippen LogP contribution in [-0.4, -0.2) is 40.7 Å². The molecule has 0 spiro atoms. The van der Waals surface area contributed by atoms with Crippen molar-refractivity contribution in [3.05, 3.63) is 11.6 Å². The molecule has 5 heteroatoms. The van der Waals surface area contributed by atoms with E-state index in [2.05, 4.69) is 54.6 Å². The average Bonchev–Trinajstić information content (AvgIpc) is 2.81. The molecule has 1 aliphatic carbocycles. The fourth-order valence-corrected chi connectivity index (χ4v) is 5.37. The Hall–Kier alpha value is -0.653. The summed E-state index contributed by atoms with van der Waals surface area (Å²) in [5.74, 6) is 0.0131. The second-order valence-corrected chi connectivity index (χ2v) is 15.2. The normalized spacial score (nSPS) is 33.2. The lowest BCUT2D eigenvalue weighted by atomic mass is 9.54. The molecule has 0 amide bonds. The first-order valence-electron chi connectivity index (χ1n) is 9.80. The van der Waals surface area contributed by atoms with E-state index in [0.717, 1.165) is 25.0 Å². The van der Waals surface area contributed by atoms with Crippen LogP contribution in [0.5, 0.6) is 0 Å². The van der Waals surface area contributed by atoms with Crippen molar-refractivity contribution in [2.45, 2.75) is 78.6 Å². The Labute approximate surface area is 160 Å². The van der Waals surface area contributed by atoms with Gasteiger partial charge in [-0.1, -0.05) is 41.5 Å². The summed E-state index contributed by atoms with van der Waals surface area (Å²) in [6.45, 7) is 19.6. The van der Waals surface area contributed by atoms with Crippen molar-refractivity contribution in [2.75, 3.05) is 20.3 Å². The molecular formula is C21H38O4Si. The number of fused-ring (bicyclic) bond motifs is 1. The third-order valence-corrected chi connectivity index (χ3v) is 11.9. The van der Waals surface area contributed by atoms with Gasteiger partial charge in [0, 0.05) is 18.1 Å². The van der Waals surface area contributed by atoms with Gasteiger partial charge in [-0.2, -0.15) is 0 Å². The molecule has 2 fully saturated rings. The van der Waals surface area contributed by atoms with Gasteiger partial charge in [0.2, 0.25) is 0 Å². The van der Waals surface area contributed by atoms with E-state index >= 15 is 0 Å². The molecule has 1 aliphatic heterocycles. The molecule has 3 atom stereocenters. The van der Waals surface area contributed by atoms with Crippen molar-refractivity contribution >= 4 is 14.3 Å². The van der Waals surface area contributed by atoms with Gasteiger partial charge in [0.25, 0.3) is 0 Å². The lowest BCUT2D eigenvalue weighted by Crippen LogP contribution is -2.53. The van der Waals surface area contributed by atoms with Gasteiger partial charge in [0.1, 0.15) is 0 Å². The Bertz CT molecular complexity index is 573. The minimum Gasteiger partial charge on any atom is -0.466 e. The number of methoxy groups -OCH3 is 1. The Kier molecular flexibility index (Phi) is 5.88. The first-order chi connectivity index (χ1) is 11.8. The standard InChI is InChI=1S/C21H38O4Si/c1-19(2,3)26(8,9)25-14-16-20(4,5)11-10-17-21(16,6)15(13-24-17)12-18(22)23-7/h12,16-17H,10-11,13-14H2,1-9H3/b15-12+/t16-,17-,21+/m0/s1. The number of hydrogen-bond donors (Lipinski definition) is 0. The smallest absolute Gasteiger partial charge is 0.330 e. The molecule has 0 unspecified atom stereocenters. The summed E-state index contributed by atoms with van der Waals surface area (Å²) in [6.07, 6.45) is 3.95. The van der Waals surface area contributed by atoms with Crippen molar-refractivity contribution in [1.82, 2.24) is 0 Å². The zero-order valence-electron chi connectivity index (χ0n) is 18.2. The first-order valence-corrected chi connectivity index (χ1v) is 12.7. The minimum absolute atomic E-state index is 0.135. The van der Waals surface area contributed by atoms with Crippen LogP contribution in [0.1, 0.15) is 54.4 Å². The van der Waals surface area contributed by atoms with Crippen LogP contribution in [0.25, 0.3) is 0 Å². The number of rotatable bonds is 4. The van der Waals surface area contributed by atoms with Crippen LogP contribution in [0.3, 0.4) is 0 Å². The van der Waals surface area contributed by atoms with E-state index < -0.39 is 8.32 Å². The summed E-state index contributed by atoms with van der Waals surface area (Å²) < 4.78 is 17.7. The number of carbonyl (C=O) groups is 1. The van der Waals surface area contributed by atoms with Crippen LogP contribution in [-0.2, 0) is 18.7 Å². The van der Waals surface area contributed by atoms with Gasteiger partial charge in [-0.3, -0.25) is 0 Å². The molecule has 150 valence electrons. The molecule has 2 aliphatic rings. The Morgan fingerprint density at radius 1 is 1.31 bits per heavy atom. The second-order valence-electron chi connectivity index (χ2n) is 10.4. The van der Waals surface area contributed by atoms with Gasteiger partial charge < -0.3 is 13.9 Å². The topological polar surface area (TPSA) is 44.8 Å². The maximum atomic E-state index is 11.9. The van der Waals surface area contributed by atoms with E-state index in [1.807, 2.05) is 0 Å². The third kappa shape index (κ3) is 3.81. The fourth-order valence-electron chi connectivity index (χ4n) is 4.35. The Balaban J connectivity index is 2.36. The van der Waals surface area contributed by atoms with Crippen molar-refractivity contribution < 1.29 is 18.7 Å². The Morgan fingerprint density at radius 2 is 1.92 bits per heavy atom. The van der Waals surface area contributed by atoms with Crippen molar-refractivity contribution in [3.63, 3.8) is 0 Å². The van der Waals surface area contributed by atoms with Crippen LogP contribution in [0, 0.1) is 16.7 Å². The van der Waals surface area contributed by atoms with Crippen LogP contribution in [0.15, 0.2) is 11.6 Å². The number of esters is 1. The summed E-state index contributed by atoms with van der Waals surface area (Å²) in [4.78, 5) is 11.9. The zero-order chi connectivity index (χ0) is 20.0. The van der Waals surface area contributed by atoms with E-state index in [9.17, 15) is 4.79 Å². The van der Waals surface area contributed by atoms with E-state index in [-0.39, 0.29) is 27.9 Å². The second kappa shape index (κ2) is 7.06. The molecule has 4 nitrogen and oxygen atoms in total. The van der Waals surface area contributed by atoms with Crippen molar-refractivity contribution in [2.24, 2.45) is 16.7 Å². The molecule has 1 saturated carbocycles. The lowest BCUT2D eigenvalue weighted by molar-refractivity contribution is -0.135. The quantitative estimate of drug-likeness (QED) is 0.392. The van der Waals surface area contributed by atoms with Crippen LogP contribution in [0.2, 0.25) is 18.1 Å². The van der Waals surface area contributed by atoms with Crippen LogP contribution in [0.4, 0.5) is 0 Å². The van der Waals surface area contributed by atoms with E-state index in [4.69, 9.17) is 13.9 Å². The van der Waals surface area contributed by atoms with E-state index in [0.29, 0.717) is 12.5 Å².